The maximum absolute atomic E-state index is 9.47. The van der Waals surface area contributed by atoms with E-state index >= 15 is 0 Å². The van der Waals surface area contributed by atoms with Crippen molar-refractivity contribution in [2.75, 3.05) is 0 Å². The number of rotatable bonds is 1. The number of aryl methyl sites for hydroxylation is 3. The van der Waals surface area contributed by atoms with Gasteiger partial charge in [0.15, 0.2) is 11.3 Å². The molecule has 0 N–H and O–H groups in total. The first-order chi connectivity index (χ1) is 13.2. The van der Waals surface area contributed by atoms with Crippen molar-refractivity contribution in [3.8, 4) is 17.3 Å². The maximum Gasteiger partial charge on any atom is 0.228 e. The zero-order valence-corrected chi connectivity index (χ0v) is 14.2. The number of fused-ring (bicyclic) bond motifs is 3. The Bertz CT molecular complexity index is 1300. The molecule has 25 heavy (non-hydrogen) atoms. The van der Waals surface area contributed by atoms with Crippen LogP contribution in [0.1, 0.15) is 26.5 Å². The van der Waals surface area contributed by atoms with Gasteiger partial charge in [-0.25, -0.2) is 4.98 Å². The van der Waals surface area contributed by atoms with Gasteiger partial charge in [0.25, 0.3) is 0 Å². The van der Waals surface area contributed by atoms with Crippen LogP contribution in [-0.2, 0) is 7.05 Å². The average molecular weight is 331 g/mol. The third kappa shape index (κ3) is 2.20. The first kappa shape index (κ1) is 12.2. The highest BCUT2D eigenvalue weighted by Crippen LogP contribution is 2.37. The van der Waals surface area contributed by atoms with Crippen molar-refractivity contribution >= 4 is 22.1 Å². The van der Waals surface area contributed by atoms with Gasteiger partial charge in [0.1, 0.15) is 13.1 Å². The Morgan fingerprint density at radius 3 is 2.84 bits per heavy atom. The number of hydrogen-bond acceptors (Lipinski definition) is 3. The molecule has 4 heteroatoms. The molecule has 0 aliphatic carbocycles. The third-order valence-corrected chi connectivity index (χ3v) is 4.67. The molecular formula is C21H18N3O+. The minimum Gasteiger partial charge on any atom is -0.437 e. The summed E-state index contributed by atoms with van der Waals surface area (Å²) in [5, 5.41) is 10.9. The molecule has 0 unspecified atom stereocenters. The van der Waals surface area contributed by atoms with E-state index in [2.05, 4.69) is 11.1 Å². The molecule has 122 valence electrons. The minimum absolute atomic E-state index is 0.279. The Kier molecular flexibility index (Phi) is 2.65. The molecule has 0 amide bonds. The number of benzene rings is 1. The molecule has 4 rings (SSSR count). The summed E-state index contributed by atoms with van der Waals surface area (Å²) in [6.45, 7) is 1.62. The smallest absolute Gasteiger partial charge is 0.228 e. The number of furan rings is 1. The lowest BCUT2D eigenvalue weighted by molar-refractivity contribution is -0.666. The molecule has 3 aromatic heterocycles. The summed E-state index contributed by atoms with van der Waals surface area (Å²) in [7, 11) is 1.90. The van der Waals surface area contributed by atoms with Crippen LogP contribution in [0.25, 0.3) is 33.3 Å². The van der Waals surface area contributed by atoms with E-state index in [-0.39, 0.29) is 5.56 Å². The van der Waals surface area contributed by atoms with E-state index in [0.29, 0.717) is 22.2 Å². The van der Waals surface area contributed by atoms with Crippen molar-refractivity contribution in [3.63, 3.8) is 0 Å². The number of hydrogen-bond donors (Lipinski definition) is 0. The summed E-state index contributed by atoms with van der Waals surface area (Å²) >= 11 is 0. The van der Waals surface area contributed by atoms with Crippen LogP contribution in [0.2, 0.25) is 0 Å². The Hall–Kier alpha value is -3.19. The Labute approximate surface area is 150 Å². The van der Waals surface area contributed by atoms with Crippen molar-refractivity contribution in [2.45, 2.75) is 20.7 Å². The second-order valence-electron chi connectivity index (χ2n) is 6.22. The molecule has 3 heterocycles. The van der Waals surface area contributed by atoms with Gasteiger partial charge in [-0.05, 0) is 31.0 Å². The van der Waals surface area contributed by atoms with Gasteiger partial charge in [0, 0.05) is 34.8 Å². The number of nitrogens with zero attached hydrogens (tertiary/aromatic N) is 3. The summed E-state index contributed by atoms with van der Waals surface area (Å²) < 4.78 is 31.4. The first-order valence-corrected chi connectivity index (χ1v) is 7.95. The fourth-order valence-corrected chi connectivity index (χ4v) is 3.31. The summed E-state index contributed by atoms with van der Waals surface area (Å²) in [6, 6.07) is 11.1. The molecule has 0 radical (unpaired) electrons. The van der Waals surface area contributed by atoms with Gasteiger partial charge in [-0.2, -0.15) is 9.83 Å². The van der Waals surface area contributed by atoms with Crippen LogP contribution in [0.3, 0.4) is 0 Å². The van der Waals surface area contributed by atoms with Gasteiger partial charge in [0.05, 0.1) is 16.5 Å². The molecule has 0 aliphatic heterocycles. The second kappa shape index (κ2) is 5.42. The van der Waals surface area contributed by atoms with Crippen LogP contribution >= 0.6 is 0 Å². The van der Waals surface area contributed by atoms with Gasteiger partial charge in [-0.1, -0.05) is 12.1 Å². The summed E-state index contributed by atoms with van der Waals surface area (Å²) in [5.74, 6) is 0. The van der Waals surface area contributed by atoms with E-state index in [1.54, 1.807) is 24.4 Å². The standard InChI is InChI=1S/C21H18N3O/c1-12-9-14(3)24(4)17(10-12)18-13(2)5-6-16-19-15(11-22)7-8-23-21(19)25-20(16)18/h5-10H,1-4H3/q+1/i1D3. The second-order valence-corrected chi connectivity index (χ2v) is 6.22. The fraction of sp³-hybridized carbons (Fsp3) is 0.190. The lowest BCUT2D eigenvalue weighted by atomic mass is 9.99. The van der Waals surface area contributed by atoms with Gasteiger partial charge < -0.3 is 4.42 Å². The third-order valence-electron chi connectivity index (χ3n) is 4.67. The van der Waals surface area contributed by atoms with Gasteiger partial charge >= 0.3 is 0 Å². The van der Waals surface area contributed by atoms with Gasteiger partial charge in [-0.3, -0.25) is 0 Å². The van der Waals surface area contributed by atoms with Crippen LogP contribution in [0, 0.1) is 32.0 Å². The van der Waals surface area contributed by atoms with Crippen LogP contribution in [-0.4, -0.2) is 4.98 Å². The van der Waals surface area contributed by atoms with E-state index in [0.717, 1.165) is 27.9 Å². The van der Waals surface area contributed by atoms with E-state index in [4.69, 9.17) is 8.53 Å². The highest BCUT2D eigenvalue weighted by Gasteiger charge is 2.23. The van der Waals surface area contributed by atoms with Crippen LogP contribution in [0.5, 0.6) is 0 Å². The number of nitriles is 1. The molecule has 0 fully saturated rings. The molecule has 0 atom stereocenters. The summed E-state index contributed by atoms with van der Waals surface area (Å²) in [6.07, 6.45) is 1.55. The maximum atomic E-state index is 9.47. The molecule has 0 bridgehead atoms. The average Bonchev–Trinajstić information content (AvgIpc) is 3.02. The molecule has 0 saturated carbocycles. The van der Waals surface area contributed by atoms with Crippen molar-refractivity contribution in [1.82, 2.24) is 4.98 Å². The van der Waals surface area contributed by atoms with Crippen molar-refractivity contribution in [1.29, 1.82) is 5.26 Å². The highest BCUT2D eigenvalue weighted by atomic mass is 16.3. The largest absolute Gasteiger partial charge is 0.437 e. The molecule has 0 saturated heterocycles. The molecule has 4 aromatic rings. The highest BCUT2D eigenvalue weighted by molar-refractivity contribution is 6.10. The van der Waals surface area contributed by atoms with Gasteiger partial charge in [-0.15, -0.1) is 0 Å². The summed E-state index contributed by atoms with van der Waals surface area (Å²) in [4.78, 5) is 4.27. The van der Waals surface area contributed by atoms with Crippen molar-refractivity contribution in [2.24, 2.45) is 7.05 Å². The van der Waals surface area contributed by atoms with Crippen molar-refractivity contribution < 1.29 is 13.1 Å². The number of aromatic nitrogens is 2. The van der Waals surface area contributed by atoms with E-state index in [1.165, 1.54) is 0 Å². The van der Waals surface area contributed by atoms with E-state index in [9.17, 15) is 5.26 Å². The zero-order valence-electron chi connectivity index (χ0n) is 17.2. The lowest BCUT2D eigenvalue weighted by Crippen LogP contribution is -2.35. The predicted octanol–water partition coefficient (Wildman–Crippen LogP) is 4.27. The van der Waals surface area contributed by atoms with Gasteiger partial charge in [0.2, 0.25) is 11.4 Å². The SMILES string of the molecule is [2H]C([2H])([2H])c1cc(C)[n+](C)c(-c2c(C)ccc3c2oc2nccc(C#N)c23)c1. The Morgan fingerprint density at radius 1 is 1.24 bits per heavy atom. The van der Waals surface area contributed by atoms with Crippen molar-refractivity contribution in [3.05, 3.63) is 58.9 Å². The monoisotopic (exact) mass is 331 g/mol. The first-order valence-electron chi connectivity index (χ1n) is 9.45. The molecule has 4 nitrogen and oxygen atoms in total. The zero-order chi connectivity index (χ0) is 20.2. The van der Waals surface area contributed by atoms with Crippen LogP contribution in [0.4, 0.5) is 0 Å². The van der Waals surface area contributed by atoms with Crippen LogP contribution < -0.4 is 4.57 Å². The number of pyridine rings is 2. The molecule has 0 spiro atoms. The minimum atomic E-state index is -2.21. The normalized spacial score (nSPS) is 13.4. The predicted molar refractivity (Wildman–Crippen MR) is 97.1 cm³/mol. The van der Waals surface area contributed by atoms with E-state index < -0.39 is 6.85 Å². The lowest BCUT2D eigenvalue weighted by Gasteiger charge is -2.08. The van der Waals surface area contributed by atoms with Crippen LogP contribution in [0.15, 0.2) is 40.9 Å². The molecule has 1 aromatic carbocycles. The fourth-order valence-electron chi connectivity index (χ4n) is 3.31. The van der Waals surface area contributed by atoms with E-state index in [1.807, 2.05) is 37.6 Å². The summed E-state index contributed by atoms with van der Waals surface area (Å²) in [5.41, 5.74) is 5.09. The molecular weight excluding hydrogens is 310 g/mol. The quantitative estimate of drug-likeness (QED) is 0.489. The Morgan fingerprint density at radius 2 is 2.08 bits per heavy atom. The molecule has 0 aliphatic rings. The topological polar surface area (TPSA) is 53.7 Å². The Balaban J connectivity index is 2.15.